The third kappa shape index (κ3) is 7.78. The van der Waals surface area contributed by atoms with E-state index in [1.807, 2.05) is 0 Å². The first kappa shape index (κ1) is 30.1. The van der Waals surface area contributed by atoms with E-state index in [-0.39, 0.29) is 35.9 Å². The molecule has 3 aliphatic rings. The van der Waals surface area contributed by atoms with Crippen molar-refractivity contribution in [2.45, 2.75) is 154 Å². The number of hydrogen-bond donors (Lipinski definition) is 1. The highest BCUT2D eigenvalue weighted by Crippen LogP contribution is 2.47. The molecule has 6 nitrogen and oxygen atoms in total. The van der Waals surface area contributed by atoms with Crippen molar-refractivity contribution >= 4 is 14.3 Å². The summed E-state index contributed by atoms with van der Waals surface area (Å²) in [5.74, 6) is 0.376. The van der Waals surface area contributed by atoms with Gasteiger partial charge in [0.1, 0.15) is 0 Å². The van der Waals surface area contributed by atoms with Crippen molar-refractivity contribution in [3.05, 3.63) is 0 Å². The molecular formula is C29H54O6Si. The van der Waals surface area contributed by atoms with Crippen LogP contribution in [-0.4, -0.2) is 56.2 Å². The lowest BCUT2D eigenvalue weighted by molar-refractivity contribution is -0.342. The molecule has 0 aromatic heterocycles. The average molecular weight is 527 g/mol. The van der Waals surface area contributed by atoms with Gasteiger partial charge in [0.2, 0.25) is 0 Å². The molecule has 2 aliphatic heterocycles. The number of hydrogen-bond acceptors (Lipinski definition) is 5. The van der Waals surface area contributed by atoms with E-state index in [9.17, 15) is 9.90 Å². The Morgan fingerprint density at radius 2 is 1.78 bits per heavy atom. The van der Waals surface area contributed by atoms with E-state index < -0.39 is 20.1 Å². The summed E-state index contributed by atoms with van der Waals surface area (Å²) in [7, 11) is -2.07. The molecule has 0 aromatic carbocycles. The second kappa shape index (κ2) is 12.1. The van der Waals surface area contributed by atoms with Crippen molar-refractivity contribution in [1.82, 2.24) is 0 Å². The lowest BCUT2D eigenvalue weighted by Gasteiger charge is -2.51. The molecule has 1 aliphatic carbocycles. The van der Waals surface area contributed by atoms with E-state index in [4.69, 9.17) is 18.6 Å². The Bertz CT molecular complexity index is 719. The molecule has 1 saturated carbocycles. The fraction of sp³-hybridized carbons (Fsp3) is 0.966. The van der Waals surface area contributed by atoms with Crippen LogP contribution in [-0.2, 0) is 23.4 Å². The summed E-state index contributed by atoms with van der Waals surface area (Å²) >= 11 is 0. The minimum Gasteiger partial charge on any atom is -0.481 e. The Labute approximate surface area is 221 Å². The van der Waals surface area contributed by atoms with Crippen LogP contribution >= 0.6 is 0 Å². The molecule has 7 heteroatoms. The summed E-state index contributed by atoms with van der Waals surface area (Å²) in [5.41, 5.74) is 0. The van der Waals surface area contributed by atoms with Crippen molar-refractivity contribution in [3.63, 3.8) is 0 Å². The molecule has 0 amide bonds. The second-order valence-corrected chi connectivity index (χ2v) is 18.6. The van der Waals surface area contributed by atoms with Crippen LogP contribution in [0.1, 0.15) is 106 Å². The maximum Gasteiger partial charge on any atom is 0.305 e. The van der Waals surface area contributed by atoms with Gasteiger partial charge in [0.25, 0.3) is 0 Å². The maximum atomic E-state index is 11.6. The van der Waals surface area contributed by atoms with Gasteiger partial charge >= 0.3 is 5.97 Å². The Balaban J connectivity index is 1.61. The van der Waals surface area contributed by atoms with E-state index in [1.165, 1.54) is 12.8 Å². The predicted octanol–water partition coefficient (Wildman–Crippen LogP) is 7.16. The van der Waals surface area contributed by atoms with Crippen molar-refractivity contribution in [2.75, 3.05) is 6.61 Å². The first-order valence-electron chi connectivity index (χ1n) is 14.6. The Morgan fingerprint density at radius 1 is 1.08 bits per heavy atom. The zero-order valence-corrected chi connectivity index (χ0v) is 25.3. The van der Waals surface area contributed by atoms with E-state index in [0.717, 1.165) is 45.1 Å². The lowest BCUT2D eigenvalue weighted by atomic mass is 9.72. The monoisotopic (exact) mass is 526 g/mol. The van der Waals surface area contributed by atoms with Crippen LogP contribution in [0.15, 0.2) is 0 Å². The smallest absolute Gasteiger partial charge is 0.305 e. The Kier molecular flexibility index (Phi) is 10.1. The van der Waals surface area contributed by atoms with Gasteiger partial charge in [-0.05, 0) is 74.9 Å². The highest BCUT2D eigenvalue weighted by atomic mass is 28.4. The summed E-state index contributed by atoms with van der Waals surface area (Å²) in [6, 6.07) is 0. The van der Waals surface area contributed by atoms with Crippen LogP contribution in [0.4, 0.5) is 0 Å². The SMILES string of the molecule is CC(C)[C@@H]1CC[C@@H](C)CC12OCC[C@@H](C[C@H]1CCC[C@@H](C[C@H](CC(=O)O)O[Si](C)(C)C(C)(C)C)O1)O2. The van der Waals surface area contributed by atoms with Crippen LogP contribution in [0.2, 0.25) is 18.1 Å². The van der Waals surface area contributed by atoms with Crippen LogP contribution in [0, 0.1) is 17.8 Å². The number of ether oxygens (including phenoxy) is 3. The minimum atomic E-state index is -2.07. The molecule has 36 heavy (non-hydrogen) atoms. The molecule has 3 fully saturated rings. The number of rotatable bonds is 9. The molecule has 1 spiro atoms. The van der Waals surface area contributed by atoms with Crippen LogP contribution in [0.25, 0.3) is 0 Å². The topological polar surface area (TPSA) is 74.2 Å². The van der Waals surface area contributed by atoms with Gasteiger partial charge in [0.15, 0.2) is 14.1 Å². The summed E-state index contributed by atoms with van der Waals surface area (Å²) in [6.45, 7) is 18.7. The second-order valence-electron chi connectivity index (χ2n) is 13.8. The number of carboxylic acids is 1. The first-order chi connectivity index (χ1) is 16.7. The van der Waals surface area contributed by atoms with Gasteiger partial charge in [0.05, 0.1) is 37.4 Å². The van der Waals surface area contributed by atoms with Gasteiger partial charge in [-0.3, -0.25) is 4.79 Å². The van der Waals surface area contributed by atoms with Crippen LogP contribution < -0.4 is 0 Å². The van der Waals surface area contributed by atoms with Crippen molar-refractivity contribution in [3.8, 4) is 0 Å². The van der Waals surface area contributed by atoms with E-state index in [2.05, 4.69) is 54.6 Å². The molecule has 2 heterocycles. The zero-order valence-electron chi connectivity index (χ0n) is 24.3. The molecule has 0 bridgehead atoms. The van der Waals surface area contributed by atoms with Gasteiger partial charge < -0.3 is 23.7 Å². The highest BCUT2D eigenvalue weighted by molar-refractivity contribution is 6.74. The standard InChI is InChI=1S/C29H54O6Si/c1-20(2)26-13-12-21(3)19-29(26)32-15-14-24(34-29)16-22-10-9-11-23(33-22)17-25(18-27(30)31)35-36(7,8)28(4,5)6/h20-26H,9-19H2,1-8H3,(H,30,31)/t21-,22-,23+,24+,25-,26+,29?/m1/s1. The van der Waals surface area contributed by atoms with E-state index in [1.54, 1.807) is 0 Å². The fourth-order valence-corrected chi connectivity index (χ4v) is 7.71. The van der Waals surface area contributed by atoms with Crippen molar-refractivity contribution < 1.29 is 28.5 Å². The molecule has 210 valence electrons. The van der Waals surface area contributed by atoms with Gasteiger partial charge in [-0.1, -0.05) is 48.0 Å². The lowest BCUT2D eigenvalue weighted by Crippen LogP contribution is -2.55. The van der Waals surface area contributed by atoms with Gasteiger partial charge in [-0.2, -0.15) is 0 Å². The number of carbonyl (C=O) groups is 1. The zero-order chi connectivity index (χ0) is 26.7. The van der Waals surface area contributed by atoms with Gasteiger partial charge in [0, 0.05) is 12.3 Å². The van der Waals surface area contributed by atoms with E-state index >= 15 is 0 Å². The summed E-state index contributed by atoms with van der Waals surface area (Å²) in [4.78, 5) is 11.6. The quantitative estimate of drug-likeness (QED) is 0.321. The summed E-state index contributed by atoms with van der Waals surface area (Å²) in [6.07, 6.45) is 9.10. The molecule has 3 rings (SSSR count). The van der Waals surface area contributed by atoms with Crippen molar-refractivity contribution in [2.24, 2.45) is 17.8 Å². The van der Waals surface area contributed by atoms with Gasteiger partial charge in [-0.15, -0.1) is 0 Å². The highest BCUT2D eigenvalue weighted by Gasteiger charge is 2.50. The molecule has 1 unspecified atom stereocenters. The summed E-state index contributed by atoms with van der Waals surface area (Å²) < 4.78 is 26.4. The average Bonchev–Trinajstić information content (AvgIpc) is 2.72. The molecule has 7 atom stereocenters. The van der Waals surface area contributed by atoms with E-state index in [0.29, 0.717) is 24.2 Å². The van der Waals surface area contributed by atoms with Crippen LogP contribution in [0.3, 0.4) is 0 Å². The molecule has 0 aromatic rings. The third-order valence-electron chi connectivity index (χ3n) is 9.28. The Morgan fingerprint density at radius 3 is 2.42 bits per heavy atom. The van der Waals surface area contributed by atoms with Gasteiger partial charge in [-0.25, -0.2) is 0 Å². The minimum absolute atomic E-state index is 0.0391. The fourth-order valence-electron chi connectivity index (χ4n) is 6.35. The normalized spacial score (nSPS) is 35.2. The largest absolute Gasteiger partial charge is 0.481 e. The maximum absolute atomic E-state index is 11.6. The summed E-state index contributed by atoms with van der Waals surface area (Å²) in [5, 5.41) is 9.59. The molecule has 1 N–H and O–H groups in total. The number of aliphatic carboxylic acids is 1. The van der Waals surface area contributed by atoms with Crippen molar-refractivity contribution in [1.29, 1.82) is 0 Å². The first-order valence-corrected chi connectivity index (χ1v) is 17.5. The predicted molar refractivity (Wildman–Crippen MR) is 146 cm³/mol. The third-order valence-corrected chi connectivity index (χ3v) is 13.8. The molecule has 0 radical (unpaired) electrons. The van der Waals surface area contributed by atoms with Crippen LogP contribution in [0.5, 0.6) is 0 Å². The Hall–Kier alpha value is -0.473. The molecular weight excluding hydrogens is 472 g/mol. The number of carboxylic acid groups (broad SMARTS) is 1. The molecule has 2 saturated heterocycles.